The van der Waals surface area contributed by atoms with Crippen LogP contribution in [0.3, 0.4) is 0 Å². The highest BCUT2D eigenvalue weighted by molar-refractivity contribution is 5.19. The Morgan fingerprint density at radius 1 is 1.30 bits per heavy atom. The van der Waals surface area contributed by atoms with Crippen molar-refractivity contribution < 1.29 is 17.9 Å². The van der Waals surface area contributed by atoms with Gasteiger partial charge in [-0.3, -0.25) is 0 Å². The molecule has 0 unspecified atom stereocenters. The highest BCUT2D eigenvalue weighted by Crippen LogP contribution is 2.43. The second kappa shape index (κ2) is 1.56. The van der Waals surface area contributed by atoms with Crippen LogP contribution in [0.5, 0.6) is 0 Å². The minimum Gasteiger partial charge on any atom is -0.357 e. The number of alkyl halides is 3. The summed E-state index contributed by atoms with van der Waals surface area (Å²) in [5.74, 6) is -3.31. The Bertz CT molecular complexity index is 189. The first-order valence-electron chi connectivity index (χ1n) is 2.98. The van der Waals surface area contributed by atoms with Crippen molar-refractivity contribution in [2.24, 2.45) is 0 Å². The predicted molar refractivity (Wildman–Crippen MR) is 27.6 cm³/mol. The molecular formula is C6H5F3O. The smallest absolute Gasteiger partial charge is 0.310 e. The standard InChI is InChI=1S/C6H5F3O/c7-5-3-1-2-4(10-3)6(5,8)9/h1-5H/t3-,4+,5-/m0/s1. The van der Waals surface area contributed by atoms with Crippen LogP contribution in [0.25, 0.3) is 0 Å². The topological polar surface area (TPSA) is 9.23 Å². The van der Waals surface area contributed by atoms with Crippen LogP contribution < -0.4 is 0 Å². The predicted octanol–water partition coefficient (Wildman–Crippen LogP) is 1.30. The minimum atomic E-state index is -3.31. The lowest BCUT2D eigenvalue weighted by molar-refractivity contribution is -0.0739. The lowest BCUT2D eigenvalue weighted by Gasteiger charge is -2.17. The van der Waals surface area contributed by atoms with Crippen LogP contribution in [0.15, 0.2) is 12.2 Å². The van der Waals surface area contributed by atoms with E-state index in [9.17, 15) is 13.2 Å². The molecule has 2 aliphatic rings. The van der Waals surface area contributed by atoms with Crippen LogP contribution in [-0.4, -0.2) is 24.3 Å². The second-order valence-corrected chi connectivity index (χ2v) is 2.48. The van der Waals surface area contributed by atoms with E-state index in [0.29, 0.717) is 0 Å². The Kier molecular flexibility index (Phi) is 0.968. The molecule has 1 saturated heterocycles. The average Bonchev–Trinajstić information content (AvgIpc) is 2.37. The van der Waals surface area contributed by atoms with Gasteiger partial charge < -0.3 is 4.74 Å². The molecule has 0 amide bonds. The molecule has 2 rings (SSSR count). The van der Waals surface area contributed by atoms with E-state index < -0.39 is 24.3 Å². The molecular weight excluding hydrogens is 145 g/mol. The minimum absolute atomic E-state index is 1.01. The van der Waals surface area contributed by atoms with Crippen molar-refractivity contribution >= 4 is 0 Å². The third-order valence-corrected chi connectivity index (χ3v) is 1.81. The number of halogens is 3. The fourth-order valence-corrected chi connectivity index (χ4v) is 1.23. The molecule has 0 aromatic carbocycles. The van der Waals surface area contributed by atoms with Gasteiger partial charge in [0.25, 0.3) is 0 Å². The van der Waals surface area contributed by atoms with E-state index in [1.54, 1.807) is 0 Å². The van der Waals surface area contributed by atoms with Crippen LogP contribution in [0.2, 0.25) is 0 Å². The van der Waals surface area contributed by atoms with Gasteiger partial charge in [-0.1, -0.05) is 12.2 Å². The molecule has 4 heteroatoms. The van der Waals surface area contributed by atoms with E-state index in [4.69, 9.17) is 0 Å². The first-order valence-corrected chi connectivity index (χ1v) is 2.98. The molecule has 10 heavy (non-hydrogen) atoms. The van der Waals surface area contributed by atoms with Crippen LogP contribution in [0, 0.1) is 0 Å². The van der Waals surface area contributed by atoms with Crippen molar-refractivity contribution in [3.05, 3.63) is 12.2 Å². The van der Waals surface area contributed by atoms with E-state index in [1.165, 1.54) is 12.2 Å². The lowest BCUT2D eigenvalue weighted by Crippen LogP contribution is -2.38. The maximum Gasteiger partial charge on any atom is 0.310 e. The summed E-state index contributed by atoms with van der Waals surface area (Å²) in [5, 5.41) is 0. The van der Waals surface area contributed by atoms with E-state index in [0.717, 1.165) is 0 Å². The summed E-state index contributed by atoms with van der Waals surface area (Å²) in [4.78, 5) is 0. The zero-order valence-electron chi connectivity index (χ0n) is 4.93. The molecule has 1 fully saturated rings. The van der Waals surface area contributed by atoms with Gasteiger partial charge in [0.15, 0.2) is 6.17 Å². The van der Waals surface area contributed by atoms with E-state index >= 15 is 0 Å². The van der Waals surface area contributed by atoms with Crippen molar-refractivity contribution in [3.63, 3.8) is 0 Å². The number of rotatable bonds is 0. The second-order valence-electron chi connectivity index (χ2n) is 2.48. The van der Waals surface area contributed by atoms with Crippen molar-refractivity contribution in [2.45, 2.75) is 24.3 Å². The molecule has 0 N–H and O–H groups in total. The quantitative estimate of drug-likeness (QED) is 0.473. The van der Waals surface area contributed by atoms with Crippen LogP contribution >= 0.6 is 0 Å². The van der Waals surface area contributed by atoms with Crippen LogP contribution in [0.4, 0.5) is 13.2 Å². The first-order chi connectivity index (χ1) is 4.62. The van der Waals surface area contributed by atoms with Gasteiger partial charge in [-0.15, -0.1) is 0 Å². The van der Waals surface area contributed by atoms with Gasteiger partial charge in [0.2, 0.25) is 0 Å². The van der Waals surface area contributed by atoms with Crippen molar-refractivity contribution in [3.8, 4) is 0 Å². The maximum atomic E-state index is 12.5. The maximum absolute atomic E-state index is 12.5. The highest BCUT2D eigenvalue weighted by Gasteiger charge is 2.60. The summed E-state index contributed by atoms with van der Waals surface area (Å²) in [5.41, 5.74) is 0. The molecule has 2 bridgehead atoms. The fourth-order valence-electron chi connectivity index (χ4n) is 1.23. The number of ether oxygens (including phenoxy) is 1. The molecule has 0 aliphatic carbocycles. The largest absolute Gasteiger partial charge is 0.357 e. The Morgan fingerprint density at radius 2 is 2.00 bits per heavy atom. The van der Waals surface area contributed by atoms with E-state index in [1.807, 2.05) is 0 Å². The lowest BCUT2D eigenvalue weighted by atomic mass is 10.0. The third kappa shape index (κ3) is 0.526. The summed E-state index contributed by atoms with van der Waals surface area (Å²) in [7, 11) is 0. The average molecular weight is 150 g/mol. The van der Waals surface area contributed by atoms with Gasteiger partial charge in [0.05, 0.1) is 0 Å². The van der Waals surface area contributed by atoms with Gasteiger partial charge in [-0.05, 0) is 0 Å². The summed E-state index contributed by atoms with van der Waals surface area (Å²) in [6.45, 7) is 0. The van der Waals surface area contributed by atoms with E-state index in [2.05, 4.69) is 4.74 Å². The number of fused-ring (bicyclic) bond motifs is 2. The van der Waals surface area contributed by atoms with Gasteiger partial charge in [0, 0.05) is 0 Å². The number of hydrogen-bond donors (Lipinski definition) is 0. The summed E-state index contributed by atoms with van der Waals surface area (Å²) >= 11 is 0. The molecule has 0 spiro atoms. The Labute approximate surface area is 55.5 Å². The van der Waals surface area contributed by atoms with Crippen LogP contribution in [0.1, 0.15) is 0 Å². The van der Waals surface area contributed by atoms with Gasteiger partial charge in [0.1, 0.15) is 12.2 Å². The van der Waals surface area contributed by atoms with Crippen molar-refractivity contribution in [1.82, 2.24) is 0 Å². The summed E-state index contributed by atoms with van der Waals surface area (Å²) < 4.78 is 42.0. The first kappa shape index (κ1) is 6.22. The van der Waals surface area contributed by atoms with Crippen molar-refractivity contribution in [2.75, 3.05) is 0 Å². The normalized spacial score (nSPS) is 48.5. The third-order valence-electron chi connectivity index (χ3n) is 1.81. The molecule has 2 heterocycles. The SMILES string of the molecule is F[C@H]1[C@@H]2C=C[C@@H](O2)C1(F)F. The Morgan fingerprint density at radius 3 is 2.30 bits per heavy atom. The molecule has 2 aliphatic heterocycles. The molecule has 0 saturated carbocycles. The zero-order valence-corrected chi connectivity index (χ0v) is 4.93. The van der Waals surface area contributed by atoms with Crippen molar-refractivity contribution in [1.29, 1.82) is 0 Å². The van der Waals surface area contributed by atoms with Crippen LogP contribution in [-0.2, 0) is 4.74 Å². The zero-order chi connectivity index (χ0) is 7.35. The monoisotopic (exact) mass is 150 g/mol. The van der Waals surface area contributed by atoms with Gasteiger partial charge in [-0.25, -0.2) is 4.39 Å². The molecule has 0 aromatic heterocycles. The molecule has 0 aromatic rings. The summed E-state index contributed by atoms with van der Waals surface area (Å²) in [6, 6.07) is 0. The van der Waals surface area contributed by atoms with E-state index in [-0.39, 0.29) is 0 Å². The summed E-state index contributed by atoms with van der Waals surface area (Å²) in [6.07, 6.45) is -1.94. The van der Waals surface area contributed by atoms with Gasteiger partial charge in [-0.2, -0.15) is 8.78 Å². The number of hydrogen-bond acceptors (Lipinski definition) is 1. The molecule has 56 valence electrons. The molecule has 3 atom stereocenters. The molecule has 0 radical (unpaired) electrons. The Balaban J connectivity index is 2.35. The van der Waals surface area contributed by atoms with Gasteiger partial charge >= 0.3 is 5.92 Å². The molecule has 1 nitrogen and oxygen atoms in total. The highest BCUT2D eigenvalue weighted by atomic mass is 19.3. The Hall–Kier alpha value is -0.510. The fraction of sp³-hybridized carbons (Fsp3) is 0.667.